The molecule has 0 radical (unpaired) electrons. The number of hydrogen-bond donors (Lipinski definition) is 2. The Labute approximate surface area is 217 Å². The number of carbonyl (C=O) groups excluding carboxylic acids is 1. The summed E-state index contributed by atoms with van der Waals surface area (Å²) in [6.45, 7) is 9.75. The third kappa shape index (κ3) is 4.96. The highest BCUT2D eigenvalue weighted by Crippen LogP contribution is 2.40. The van der Waals surface area contributed by atoms with E-state index in [2.05, 4.69) is 68.0 Å². The summed E-state index contributed by atoms with van der Waals surface area (Å²) in [5.41, 5.74) is 4.83. The molecule has 4 aromatic rings. The number of fused-ring (bicyclic) bond motifs is 4. The van der Waals surface area contributed by atoms with Crippen LogP contribution in [0.25, 0.3) is 22.4 Å². The monoisotopic (exact) mass is 518 g/mol. The van der Waals surface area contributed by atoms with Gasteiger partial charge in [0.15, 0.2) is 5.82 Å². The predicted molar refractivity (Wildman–Crippen MR) is 149 cm³/mol. The standard InChI is InChI=1S/C26H34N8O2Si/c1-27-26(35)20-15-28-24-18(9-10-34(24)17-36-13-14-37(3,4)5)22(20)30-21-8-6-7-19-23(21)32(2)11-12-33-16-29-31-25(19)33/h6-10,15-16H,11-14,17H2,1-5H3,(H,27,35)(H,28,30). The number of nitrogens with zero attached hydrogens (tertiary/aromatic N) is 6. The Kier molecular flexibility index (Phi) is 6.74. The van der Waals surface area contributed by atoms with Gasteiger partial charge in [0, 0.05) is 65.2 Å². The molecule has 10 nitrogen and oxygen atoms in total. The topological polar surface area (TPSA) is 102 Å². The largest absolute Gasteiger partial charge is 0.371 e. The first-order valence-corrected chi connectivity index (χ1v) is 16.2. The Hall–Kier alpha value is -3.70. The summed E-state index contributed by atoms with van der Waals surface area (Å²) < 4.78 is 10.0. The Morgan fingerprint density at radius 2 is 2.03 bits per heavy atom. The highest BCUT2D eigenvalue weighted by Gasteiger charge is 2.24. The van der Waals surface area contributed by atoms with Gasteiger partial charge in [-0.25, -0.2) is 4.98 Å². The summed E-state index contributed by atoms with van der Waals surface area (Å²) in [6.07, 6.45) is 5.36. The molecule has 1 aliphatic rings. The average molecular weight is 519 g/mol. The number of benzene rings is 1. The molecule has 194 valence electrons. The molecule has 5 rings (SSSR count). The molecule has 0 saturated heterocycles. The van der Waals surface area contributed by atoms with Crippen molar-refractivity contribution < 1.29 is 9.53 Å². The number of anilines is 3. The van der Waals surface area contributed by atoms with Crippen molar-refractivity contribution in [2.24, 2.45) is 0 Å². The Morgan fingerprint density at radius 1 is 1.19 bits per heavy atom. The second-order valence-corrected chi connectivity index (χ2v) is 16.2. The second kappa shape index (κ2) is 9.98. The van der Waals surface area contributed by atoms with Gasteiger partial charge in [0.2, 0.25) is 0 Å². The van der Waals surface area contributed by atoms with Crippen LogP contribution in [0.3, 0.4) is 0 Å². The number of para-hydroxylation sites is 1. The number of rotatable bonds is 8. The number of likely N-dealkylation sites (N-methyl/N-ethyl adjacent to an activating group) is 1. The van der Waals surface area contributed by atoms with E-state index in [4.69, 9.17) is 4.74 Å². The number of carbonyl (C=O) groups is 1. The van der Waals surface area contributed by atoms with Crippen LogP contribution in [-0.4, -0.2) is 65.5 Å². The third-order valence-electron chi connectivity index (χ3n) is 6.70. The molecule has 1 amide bonds. The molecule has 37 heavy (non-hydrogen) atoms. The van der Waals surface area contributed by atoms with Gasteiger partial charge in [0.1, 0.15) is 18.7 Å². The van der Waals surface area contributed by atoms with Crippen LogP contribution in [-0.2, 0) is 18.0 Å². The summed E-state index contributed by atoms with van der Waals surface area (Å²) in [4.78, 5) is 19.7. The first-order chi connectivity index (χ1) is 17.8. The van der Waals surface area contributed by atoms with E-state index in [0.29, 0.717) is 18.0 Å². The summed E-state index contributed by atoms with van der Waals surface area (Å²) >= 11 is 0. The Bertz CT molecular complexity index is 1440. The molecule has 0 bridgehead atoms. The van der Waals surface area contributed by atoms with Crippen LogP contribution in [0.5, 0.6) is 0 Å². The minimum absolute atomic E-state index is 0.203. The molecule has 11 heteroatoms. The minimum Gasteiger partial charge on any atom is -0.371 e. The van der Waals surface area contributed by atoms with Crippen molar-refractivity contribution in [1.29, 1.82) is 0 Å². The predicted octanol–water partition coefficient (Wildman–Crippen LogP) is 4.16. The lowest BCUT2D eigenvalue weighted by atomic mass is 10.1. The molecule has 0 unspecified atom stereocenters. The summed E-state index contributed by atoms with van der Waals surface area (Å²) in [5.74, 6) is 0.627. The van der Waals surface area contributed by atoms with E-state index in [-0.39, 0.29) is 5.91 Å². The Morgan fingerprint density at radius 3 is 2.81 bits per heavy atom. The maximum atomic E-state index is 12.9. The molecule has 0 fully saturated rings. The van der Waals surface area contributed by atoms with Gasteiger partial charge in [0.25, 0.3) is 5.91 Å². The second-order valence-electron chi connectivity index (χ2n) is 10.6. The van der Waals surface area contributed by atoms with Gasteiger partial charge in [-0.3, -0.25) is 4.79 Å². The quantitative estimate of drug-likeness (QED) is 0.267. The van der Waals surface area contributed by atoms with Gasteiger partial charge >= 0.3 is 0 Å². The van der Waals surface area contributed by atoms with Crippen LogP contribution in [0, 0.1) is 0 Å². The zero-order valence-corrected chi connectivity index (χ0v) is 23.1. The van der Waals surface area contributed by atoms with Gasteiger partial charge in [0.05, 0.1) is 22.6 Å². The molecule has 4 heterocycles. The highest BCUT2D eigenvalue weighted by molar-refractivity contribution is 6.76. The fraction of sp³-hybridized carbons (Fsp3) is 0.385. The number of amides is 1. The molecule has 3 aromatic heterocycles. The van der Waals surface area contributed by atoms with E-state index < -0.39 is 8.07 Å². The van der Waals surface area contributed by atoms with Crippen molar-refractivity contribution in [1.82, 2.24) is 29.6 Å². The molecule has 1 aromatic carbocycles. The fourth-order valence-electron chi connectivity index (χ4n) is 4.59. The summed E-state index contributed by atoms with van der Waals surface area (Å²) in [5, 5.41) is 15.7. The average Bonchev–Trinajstić information content (AvgIpc) is 3.48. The van der Waals surface area contributed by atoms with Crippen molar-refractivity contribution in [3.63, 3.8) is 0 Å². The van der Waals surface area contributed by atoms with E-state index >= 15 is 0 Å². The minimum atomic E-state index is -1.17. The maximum Gasteiger partial charge on any atom is 0.254 e. The maximum absolute atomic E-state index is 12.9. The Balaban J connectivity index is 1.54. The number of pyridine rings is 1. The van der Waals surface area contributed by atoms with E-state index in [1.54, 1.807) is 19.6 Å². The van der Waals surface area contributed by atoms with E-state index in [1.807, 2.05) is 29.0 Å². The lowest BCUT2D eigenvalue weighted by Gasteiger charge is -2.24. The molecule has 1 aliphatic heterocycles. The van der Waals surface area contributed by atoms with Crippen molar-refractivity contribution in [3.05, 3.63) is 48.5 Å². The van der Waals surface area contributed by atoms with Crippen LogP contribution >= 0.6 is 0 Å². The molecular formula is C26H34N8O2Si. The zero-order valence-electron chi connectivity index (χ0n) is 22.1. The third-order valence-corrected chi connectivity index (χ3v) is 8.40. The summed E-state index contributed by atoms with van der Waals surface area (Å²) in [7, 11) is 2.53. The van der Waals surface area contributed by atoms with Crippen molar-refractivity contribution >= 4 is 42.1 Å². The number of ether oxygens (including phenoxy) is 1. The number of hydrogen-bond acceptors (Lipinski definition) is 7. The van der Waals surface area contributed by atoms with E-state index in [9.17, 15) is 4.79 Å². The molecule has 0 aliphatic carbocycles. The lowest BCUT2D eigenvalue weighted by molar-refractivity contribution is 0.0899. The van der Waals surface area contributed by atoms with Crippen LogP contribution in [0.1, 0.15) is 10.4 Å². The normalized spacial score (nSPS) is 13.3. The van der Waals surface area contributed by atoms with Crippen LogP contribution in [0.15, 0.2) is 43.0 Å². The van der Waals surface area contributed by atoms with E-state index in [1.165, 1.54) is 0 Å². The van der Waals surface area contributed by atoms with Gasteiger partial charge in [-0.05, 0) is 24.2 Å². The smallest absolute Gasteiger partial charge is 0.254 e. The molecule has 0 spiro atoms. The van der Waals surface area contributed by atoms with Crippen molar-refractivity contribution in [3.8, 4) is 11.4 Å². The van der Waals surface area contributed by atoms with Crippen LogP contribution in [0.2, 0.25) is 25.7 Å². The highest BCUT2D eigenvalue weighted by atomic mass is 28.3. The van der Waals surface area contributed by atoms with Gasteiger partial charge in [-0.15, -0.1) is 10.2 Å². The van der Waals surface area contributed by atoms with Gasteiger partial charge < -0.3 is 29.4 Å². The fourth-order valence-corrected chi connectivity index (χ4v) is 5.35. The lowest BCUT2D eigenvalue weighted by Crippen LogP contribution is -2.22. The SMILES string of the molecule is CNC(=O)c1cnc2c(ccn2COCC[Si](C)(C)C)c1Nc1cccc2c1N(C)CCn1cnnc1-2. The van der Waals surface area contributed by atoms with Gasteiger partial charge in [-0.2, -0.15) is 0 Å². The zero-order chi connectivity index (χ0) is 26.2. The number of aromatic nitrogens is 5. The first-order valence-electron chi connectivity index (χ1n) is 12.5. The van der Waals surface area contributed by atoms with Crippen LogP contribution in [0.4, 0.5) is 17.1 Å². The molecule has 0 saturated carbocycles. The summed E-state index contributed by atoms with van der Waals surface area (Å²) in [6, 6.07) is 9.17. The molecular weight excluding hydrogens is 484 g/mol. The van der Waals surface area contributed by atoms with Gasteiger partial charge in [-0.1, -0.05) is 25.7 Å². The van der Waals surface area contributed by atoms with Crippen molar-refractivity contribution in [2.45, 2.75) is 39.0 Å². The van der Waals surface area contributed by atoms with Crippen molar-refractivity contribution in [2.75, 3.05) is 37.5 Å². The number of nitrogens with one attached hydrogen (secondary N) is 2. The van der Waals surface area contributed by atoms with Crippen LogP contribution < -0.4 is 15.5 Å². The van der Waals surface area contributed by atoms with E-state index in [0.717, 1.165) is 59.5 Å². The first kappa shape index (κ1) is 25.0. The molecule has 0 atom stereocenters. The molecule has 2 N–H and O–H groups in total.